The molecule has 0 atom stereocenters. The fraction of sp³-hybridized carbons (Fsp3) is 0.259. The topological polar surface area (TPSA) is 44.1 Å². The number of ether oxygens (including phenoxy) is 3. The first-order valence-corrected chi connectivity index (χ1v) is 11.0. The highest BCUT2D eigenvalue weighted by Crippen LogP contribution is 2.39. The smallest absolute Gasteiger partial charge is 0.176 e. The lowest BCUT2D eigenvalue weighted by Crippen LogP contribution is -2.30. The van der Waals surface area contributed by atoms with Gasteiger partial charge < -0.3 is 18.6 Å². The number of rotatable bonds is 6. The van der Waals surface area contributed by atoms with Gasteiger partial charge in [-0.2, -0.15) is 0 Å². The zero-order valence-electron chi connectivity index (χ0n) is 19.3. The number of fused-ring (bicyclic) bond motifs is 2. The summed E-state index contributed by atoms with van der Waals surface area (Å²) < 4.78 is 51.1. The highest BCUT2D eigenvalue weighted by Gasteiger charge is 2.23. The summed E-state index contributed by atoms with van der Waals surface area (Å²) in [7, 11) is 4.82. The van der Waals surface area contributed by atoms with Crippen molar-refractivity contribution in [1.29, 1.82) is 0 Å². The standard InChI is InChI=1S/C27H25F2NO4/c1-31-22-8-7-17(19-13-25(34-27(19)22)26-20(28)5-4-6-21(26)29)14-30-10-9-16-11-23(32-2)24(33-3)12-18(16)15-30/h4-8,11-13H,9-10,14-15H2,1-3H3. The second kappa shape index (κ2) is 8.99. The van der Waals surface area contributed by atoms with E-state index in [0.29, 0.717) is 23.6 Å². The predicted molar refractivity (Wildman–Crippen MR) is 125 cm³/mol. The SMILES string of the molecule is COc1cc2c(cc1OC)CN(Cc1ccc(OC)c3oc(-c4c(F)cccc4F)cc13)CC2. The molecule has 176 valence electrons. The van der Waals surface area contributed by atoms with Gasteiger partial charge in [0, 0.05) is 25.0 Å². The third kappa shape index (κ3) is 3.86. The number of benzene rings is 3. The van der Waals surface area contributed by atoms with Crippen molar-refractivity contribution in [2.24, 2.45) is 0 Å². The average Bonchev–Trinajstić information content (AvgIpc) is 3.28. The third-order valence-corrected chi connectivity index (χ3v) is 6.36. The Balaban J connectivity index is 1.50. The van der Waals surface area contributed by atoms with Crippen molar-refractivity contribution in [1.82, 2.24) is 4.90 Å². The lowest BCUT2D eigenvalue weighted by molar-refractivity contribution is 0.245. The molecular weight excluding hydrogens is 440 g/mol. The Morgan fingerprint density at radius 1 is 0.853 bits per heavy atom. The molecule has 4 aromatic rings. The van der Waals surface area contributed by atoms with Gasteiger partial charge in [-0.25, -0.2) is 8.78 Å². The van der Waals surface area contributed by atoms with Crippen LogP contribution in [0.5, 0.6) is 17.2 Å². The summed E-state index contributed by atoms with van der Waals surface area (Å²) >= 11 is 0. The minimum Gasteiger partial charge on any atom is -0.493 e. The zero-order valence-corrected chi connectivity index (χ0v) is 19.3. The molecule has 0 aliphatic carbocycles. The van der Waals surface area contributed by atoms with Crippen LogP contribution in [-0.4, -0.2) is 32.8 Å². The molecule has 34 heavy (non-hydrogen) atoms. The van der Waals surface area contributed by atoms with Crippen molar-refractivity contribution in [3.8, 4) is 28.6 Å². The molecule has 1 aromatic heterocycles. The minimum atomic E-state index is -0.670. The first-order valence-electron chi connectivity index (χ1n) is 11.0. The minimum absolute atomic E-state index is 0.136. The number of nitrogens with zero attached hydrogens (tertiary/aromatic N) is 1. The largest absolute Gasteiger partial charge is 0.493 e. The molecule has 1 aliphatic rings. The molecule has 2 heterocycles. The fourth-order valence-electron chi connectivity index (χ4n) is 4.63. The van der Waals surface area contributed by atoms with E-state index in [9.17, 15) is 8.78 Å². The van der Waals surface area contributed by atoms with Gasteiger partial charge in [0.1, 0.15) is 17.4 Å². The van der Waals surface area contributed by atoms with Gasteiger partial charge in [0.15, 0.2) is 22.8 Å². The summed E-state index contributed by atoms with van der Waals surface area (Å²) in [6.45, 7) is 2.26. The van der Waals surface area contributed by atoms with Crippen LogP contribution in [0.4, 0.5) is 8.78 Å². The van der Waals surface area contributed by atoms with Crippen LogP contribution in [0.25, 0.3) is 22.3 Å². The monoisotopic (exact) mass is 465 g/mol. The van der Waals surface area contributed by atoms with Crippen molar-refractivity contribution >= 4 is 11.0 Å². The maximum Gasteiger partial charge on any atom is 0.176 e. The van der Waals surface area contributed by atoms with Crippen molar-refractivity contribution in [2.75, 3.05) is 27.9 Å². The Hall–Kier alpha value is -3.58. The van der Waals surface area contributed by atoms with Crippen LogP contribution in [0.2, 0.25) is 0 Å². The normalized spacial score (nSPS) is 13.7. The van der Waals surface area contributed by atoms with Gasteiger partial charge in [-0.3, -0.25) is 4.90 Å². The van der Waals surface area contributed by atoms with E-state index in [1.54, 1.807) is 27.4 Å². The molecule has 3 aromatic carbocycles. The second-order valence-corrected chi connectivity index (χ2v) is 8.31. The Kier molecular flexibility index (Phi) is 5.87. The van der Waals surface area contributed by atoms with Crippen molar-refractivity contribution in [3.63, 3.8) is 0 Å². The van der Waals surface area contributed by atoms with E-state index < -0.39 is 11.6 Å². The van der Waals surface area contributed by atoms with Crippen LogP contribution >= 0.6 is 0 Å². The molecule has 0 saturated heterocycles. The van der Waals surface area contributed by atoms with Crippen molar-refractivity contribution in [2.45, 2.75) is 19.5 Å². The molecule has 0 radical (unpaired) electrons. The van der Waals surface area contributed by atoms with Gasteiger partial charge in [0.2, 0.25) is 0 Å². The van der Waals surface area contributed by atoms with Gasteiger partial charge in [-0.05, 0) is 59.5 Å². The summed E-state index contributed by atoms with van der Waals surface area (Å²) in [5.74, 6) is 0.757. The number of halogens is 2. The molecule has 1 aliphatic heterocycles. The molecule has 0 saturated carbocycles. The Bertz CT molecular complexity index is 1340. The fourth-order valence-corrected chi connectivity index (χ4v) is 4.63. The molecule has 0 amide bonds. The zero-order chi connectivity index (χ0) is 23.8. The van der Waals surface area contributed by atoms with Crippen LogP contribution in [0, 0.1) is 11.6 Å². The van der Waals surface area contributed by atoms with Gasteiger partial charge in [0.25, 0.3) is 0 Å². The highest BCUT2D eigenvalue weighted by molar-refractivity contribution is 5.90. The molecule has 0 unspecified atom stereocenters. The predicted octanol–water partition coefficient (Wildman–Crippen LogP) is 5.96. The van der Waals surface area contributed by atoms with Crippen LogP contribution in [0.1, 0.15) is 16.7 Å². The maximum absolute atomic E-state index is 14.4. The molecule has 0 spiro atoms. The molecule has 5 nitrogen and oxygen atoms in total. The summed E-state index contributed by atoms with van der Waals surface area (Å²) in [6, 6.07) is 13.3. The van der Waals surface area contributed by atoms with E-state index in [4.69, 9.17) is 18.6 Å². The lowest BCUT2D eigenvalue weighted by Gasteiger charge is -2.29. The molecule has 7 heteroatoms. The Morgan fingerprint density at radius 2 is 1.53 bits per heavy atom. The van der Waals surface area contributed by atoms with E-state index in [1.807, 2.05) is 24.3 Å². The first-order chi connectivity index (χ1) is 16.5. The third-order valence-electron chi connectivity index (χ3n) is 6.36. The lowest BCUT2D eigenvalue weighted by atomic mass is 9.98. The summed E-state index contributed by atoms with van der Waals surface area (Å²) in [6.07, 6.45) is 0.881. The number of hydrogen-bond acceptors (Lipinski definition) is 5. The van der Waals surface area contributed by atoms with Crippen LogP contribution < -0.4 is 14.2 Å². The van der Waals surface area contributed by atoms with Gasteiger partial charge >= 0.3 is 0 Å². The quantitative estimate of drug-likeness (QED) is 0.351. The van der Waals surface area contributed by atoms with Crippen LogP contribution in [-0.2, 0) is 19.5 Å². The highest BCUT2D eigenvalue weighted by atomic mass is 19.1. The van der Waals surface area contributed by atoms with Gasteiger partial charge in [-0.15, -0.1) is 0 Å². The summed E-state index contributed by atoms with van der Waals surface area (Å²) in [5, 5.41) is 0.773. The van der Waals surface area contributed by atoms with E-state index in [0.717, 1.165) is 36.2 Å². The van der Waals surface area contributed by atoms with Crippen molar-refractivity contribution < 1.29 is 27.4 Å². The van der Waals surface area contributed by atoms with Crippen LogP contribution in [0.15, 0.2) is 52.9 Å². The number of hydrogen-bond donors (Lipinski definition) is 0. The van der Waals surface area contributed by atoms with E-state index in [2.05, 4.69) is 4.90 Å². The molecule has 0 N–H and O–H groups in total. The molecule has 0 bridgehead atoms. The molecule has 0 fully saturated rings. The average molecular weight is 465 g/mol. The van der Waals surface area contributed by atoms with Crippen LogP contribution in [0.3, 0.4) is 0 Å². The Labute approximate surface area is 196 Å². The number of furan rings is 1. The van der Waals surface area contributed by atoms with Gasteiger partial charge in [-0.1, -0.05) is 12.1 Å². The van der Waals surface area contributed by atoms with E-state index in [1.165, 1.54) is 29.3 Å². The van der Waals surface area contributed by atoms with Crippen molar-refractivity contribution in [3.05, 3.63) is 76.9 Å². The Morgan fingerprint density at radius 3 is 2.21 bits per heavy atom. The first kappa shape index (κ1) is 22.2. The second-order valence-electron chi connectivity index (χ2n) is 8.31. The maximum atomic E-state index is 14.4. The molecular formula is C27H25F2NO4. The van der Waals surface area contributed by atoms with E-state index >= 15 is 0 Å². The number of methoxy groups -OCH3 is 3. The summed E-state index contributed by atoms with van der Waals surface area (Å²) in [5.41, 5.74) is 3.72. The van der Waals surface area contributed by atoms with E-state index in [-0.39, 0.29) is 11.3 Å². The molecule has 5 rings (SSSR count). The van der Waals surface area contributed by atoms with Gasteiger partial charge in [0.05, 0.1) is 26.9 Å². The summed E-state index contributed by atoms with van der Waals surface area (Å²) in [4.78, 5) is 2.33.